The summed E-state index contributed by atoms with van der Waals surface area (Å²) in [5, 5.41) is 1.16. The van der Waals surface area contributed by atoms with E-state index in [1.165, 1.54) is 0 Å². The second-order valence-electron chi connectivity index (χ2n) is 1.90. The summed E-state index contributed by atoms with van der Waals surface area (Å²) < 4.78 is 0.548. The van der Waals surface area contributed by atoms with Gasteiger partial charge in [0.15, 0.2) is 0 Å². The summed E-state index contributed by atoms with van der Waals surface area (Å²) >= 11 is 19.9. The van der Waals surface area contributed by atoms with Crippen LogP contribution in [0.5, 0.6) is 0 Å². The summed E-state index contributed by atoms with van der Waals surface area (Å²) in [4.78, 5) is 0. The van der Waals surface area contributed by atoms with Gasteiger partial charge in [-0.15, -0.1) is 0 Å². The first kappa shape index (κ1) is 9.57. The SMILES string of the molecule is ClC(=[Se])c1ccc(Cl)cc1Cl. The Bertz CT molecular complexity index is 296. The van der Waals surface area contributed by atoms with Crippen LogP contribution in [0, 0.1) is 0 Å². The molecule has 1 aromatic carbocycles. The molecular formula is C7H3Cl3Se. The van der Waals surface area contributed by atoms with Crippen LogP contribution in [0.4, 0.5) is 0 Å². The van der Waals surface area contributed by atoms with Crippen LogP contribution in [0.25, 0.3) is 0 Å². The molecule has 0 spiro atoms. The van der Waals surface area contributed by atoms with Gasteiger partial charge in [-0.05, 0) is 0 Å². The van der Waals surface area contributed by atoms with Crippen LogP contribution >= 0.6 is 34.8 Å². The molecule has 0 bridgehead atoms. The molecule has 0 aliphatic carbocycles. The van der Waals surface area contributed by atoms with Gasteiger partial charge in [0, 0.05) is 0 Å². The molecule has 4 heteroatoms. The van der Waals surface area contributed by atoms with Gasteiger partial charge in [-0.25, -0.2) is 0 Å². The van der Waals surface area contributed by atoms with Gasteiger partial charge in [-0.2, -0.15) is 0 Å². The van der Waals surface area contributed by atoms with Crippen LogP contribution < -0.4 is 0 Å². The van der Waals surface area contributed by atoms with E-state index in [1.807, 2.05) is 0 Å². The molecule has 1 aromatic rings. The number of benzene rings is 1. The molecule has 0 N–H and O–H groups in total. The first-order chi connectivity index (χ1) is 5.11. The average molecular weight is 272 g/mol. The second kappa shape index (κ2) is 3.93. The zero-order chi connectivity index (χ0) is 8.43. The van der Waals surface area contributed by atoms with Gasteiger partial charge in [-0.3, -0.25) is 0 Å². The van der Waals surface area contributed by atoms with Crippen molar-refractivity contribution >= 4 is 54.3 Å². The van der Waals surface area contributed by atoms with Crippen molar-refractivity contribution in [3.05, 3.63) is 33.8 Å². The fourth-order valence-electron chi connectivity index (χ4n) is 0.649. The summed E-state index contributed by atoms with van der Waals surface area (Å²) in [6, 6.07) is 5.16. The first-order valence-electron chi connectivity index (χ1n) is 2.76. The van der Waals surface area contributed by atoms with E-state index in [0.29, 0.717) is 13.9 Å². The molecule has 0 saturated carbocycles. The second-order valence-corrected chi connectivity index (χ2v) is 4.48. The molecule has 0 heterocycles. The van der Waals surface area contributed by atoms with Crippen LogP contribution in [0.3, 0.4) is 0 Å². The molecule has 0 unspecified atom stereocenters. The van der Waals surface area contributed by atoms with Gasteiger partial charge >= 0.3 is 88.1 Å². The van der Waals surface area contributed by atoms with Crippen molar-refractivity contribution in [2.24, 2.45) is 0 Å². The summed E-state index contributed by atoms with van der Waals surface area (Å²) in [5.74, 6) is 0. The molecule has 0 radical (unpaired) electrons. The molecule has 0 nitrogen and oxygen atoms in total. The van der Waals surface area contributed by atoms with Crippen LogP contribution in [-0.4, -0.2) is 19.5 Å². The topological polar surface area (TPSA) is 0 Å². The summed E-state index contributed by atoms with van der Waals surface area (Å²) in [6.07, 6.45) is 0. The minimum absolute atomic E-state index is 0.548. The Morgan fingerprint density at radius 3 is 2.36 bits per heavy atom. The van der Waals surface area contributed by atoms with E-state index in [9.17, 15) is 0 Å². The maximum atomic E-state index is 5.81. The van der Waals surface area contributed by atoms with Crippen molar-refractivity contribution in [3.63, 3.8) is 0 Å². The third-order valence-electron chi connectivity index (χ3n) is 1.14. The first-order valence-corrected chi connectivity index (χ1v) is 4.75. The van der Waals surface area contributed by atoms with Crippen LogP contribution in [0.15, 0.2) is 18.2 Å². The monoisotopic (exact) mass is 272 g/mol. The number of halogens is 3. The summed E-state index contributed by atoms with van der Waals surface area (Å²) in [7, 11) is 0. The van der Waals surface area contributed by atoms with Gasteiger partial charge in [0.05, 0.1) is 0 Å². The number of rotatable bonds is 1. The predicted octanol–water partition coefficient (Wildman–Crippen LogP) is 2.88. The van der Waals surface area contributed by atoms with Crippen LogP contribution in [0.2, 0.25) is 10.0 Å². The van der Waals surface area contributed by atoms with Crippen molar-refractivity contribution in [1.29, 1.82) is 0 Å². The Morgan fingerprint density at radius 1 is 1.27 bits per heavy atom. The quantitative estimate of drug-likeness (QED) is 0.690. The van der Waals surface area contributed by atoms with E-state index in [-0.39, 0.29) is 0 Å². The molecule has 58 valence electrons. The molecule has 0 saturated heterocycles. The normalized spacial score (nSPS) is 9.73. The zero-order valence-electron chi connectivity index (χ0n) is 5.27. The Balaban J connectivity index is 3.20. The van der Waals surface area contributed by atoms with E-state index in [4.69, 9.17) is 34.8 Å². The van der Waals surface area contributed by atoms with Gasteiger partial charge in [0.25, 0.3) is 0 Å². The molecule has 0 aromatic heterocycles. The van der Waals surface area contributed by atoms with Crippen molar-refractivity contribution in [2.45, 2.75) is 0 Å². The molecule has 0 amide bonds. The Morgan fingerprint density at radius 2 is 1.91 bits per heavy atom. The molecule has 0 aliphatic heterocycles. The summed E-state index contributed by atoms with van der Waals surface area (Å²) in [6.45, 7) is 0. The third kappa shape index (κ3) is 2.47. The average Bonchev–Trinajstić information content (AvgIpc) is 1.85. The predicted molar refractivity (Wildman–Crippen MR) is 52.2 cm³/mol. The maximum absolute atomic E-state index is 5.81. The van der Waals surface area contributed by atoms with E-state index >= 15 is 0 Å². The van der Waals surface area contributed by atoms with Gasteiger partial charge in [0.1, 0.15) is 0 Å². The van der Waals surface area contributed by atoms with Crippen molar-refractivity contribution in [3.8, 4) is 0 Å². The molecular weight excluding hydrogens is 269 g/mol. The van der Waals surface area contributed by atoms with E-state index in [0.717, 1.165) is 5.56 Å². The number of hydrogen-bond acceptors (Lipinski definition) is 0. The van der Waals surface area contributed by atoms with Crippen LogP contribution in [-0.2, 0) is 0 Å². The van der Waals surface area contributed by atoms with Crippen LogP contribution in [0.1, 0.15) is 5.56 Å². The summed E-state index contributed by atoms with van der Waals surface area (Å²) in [5.41, 5.74) is 0.776. The Kier molecular flexibility index (Phi) is 3.42. The molecule has 0 aliphatic rings. The molecule has 11 heavy (non-hydrogen) atoms. The Labute approximate surface area is 87.8 Å². The fraction of sp³-hybridized carbons (Fsp3) is 0. The Hall–Kier alpha value is 0.479. The van der Waals surface area contributed by atoms with Crippen molar-refractivity contribution in [1.82, 2.24) is 0 Å². The van der Waals surface area contributed by atoms with Gasteiger partial charge in [-0.1, -0.05) is 0 Å². The molecule has 0 atom stereocenters. The molecule has 1 rings (SSSR count). The standard InChI is InChI=1S/C7H3Cl3Se/c8-4-1-2-5(7(10)11)6(9)3-4/h1-3H. The van der Waals surface area contributed by atoms with E-state index in [2.05, 4.69) is 15.6 Å². The van der Waals surface area contributed by atoms with E-state index in [1.54, 1.807) is 18.2 Å². The van der Waals surface area contributed by atoms with E-state index < -0.39 is 0 Å². The van der Waals surface area contributed by atoms with Crippen molar-refractivity contribution in [2.75, 3.05) is 0 Å². The third-order valence-corrected chi connectivity index (χ3v) is 2.36. The fourth-order valence-corrected chi connectivity index (χ4v) is 1.87. The van der Waals surface area contributed by atoms with Crippen molar-refractivity contribution < 1.29 is 0 Å². The van der Waals surface area contributed by atoms with Gasteiger partial charge < -0.3 is 0 Å². The van der Waals surface area contributed by atoms with Gasteiger partial charge in [0.2, 0.25) is 0 Å². The molecule has 0 fully saturated rings. The minimum atomic E-state index is 0.548. The zero-order valence-corrected chi connectivity index (χ0v) is 9.26. The number of hydrogen-bond donors (Lipinski definition) is 0.